The Labute approximate surface area is 207 Å². The van der Waals surface area contributed by atoms with Gasteiger partial charge in [-0.3, -0.25) is 0 Å². The zero-order chi connectivity index (χ0) is 23.9. The minimum absolute atomic E-state index is 0. The highest BCUT2D eigenvalue weighted by atomic mass is 16.7. The summed E-state index contributed by atoms with van der Waals surface area (Å²) in [4.78, 5) is 0. The van der Waals surface area contributed by atoms with Gasteiger partial charge in [-0.2, -0.15) is 0 Å². The second-order valence-electron chi connectivity index (χ2n) is 10.6. The summed E-state index contributed by atoms with van der Waals surface area (Å²) in [5.41, 5.74) is 1.85. The fourth-order valence-electron chi connectivity index (χ4n) is 6.93. The second-order valence-corrected chi connectivity index (χ2v) is 10.6. The van der Waals surface area contributed by atoms with Gasteiger partial charge in [0.05, 0.1) is 6.10 Å². The SMILES string of the molecule is C.CC.CC.COC(OC1CCCC(C2CC3CC2C(C)C3(C)C)C1)C(C)c1ccccc1. The van der Waals surface area contributed by atoms with E-state index in [4.69, 9.17) is 9.47 Å². The highest BCUT2D eigenvalue weighted by Gasteiger charge is 2.56. The van der Waals surface area contributed by atoms with E-state index in [1.807, 2.05) is 27.7 Å². The van der Waals surface area contributed by atoms with Crippen molar-refractivity contribution < 1.29 is 9.47 Å². The first-order valence-electron chi connectivity index (χ1n) is 13.6. The third-order valence-corrected chi connectivity index (χ3v) is 9.10. The summed E-state index contributed by atoms with van der Waals surface area (Å²) < 4.78 is 12.4. The molecule has 0 aromatic heterocycles. The molecular formula is C31H56O2. The smallest absolute Gasteiger partial charge is 0.164 e. The maximum Gasteiger partial charge on any atom is 0.164 e. The summed E-state index contributed by atoms with van der Waals surface area (Å²) in [6.45, 7) is 17.8. The molecule has 0 aliphatic heterocycles. The zero-order valence-corrected chi connectivity index (χ0v) is 22.6. The highest BCUT2D eigenvalue weighted by molar-refractivity contribution is 5.19. The number of hydrogen-bond acceptors (Lipinski definition) is 2. The van der Waals surface area contributed by atoms with E-state index in [2.05, 4.69) is 58.0 Å². The fourth-order valence-corrected chi connectivity index (χ4v) is 6.93. The first-order chi connectivity index (χ1) is 15.4. The first kappa shape index (κ1) is 30.2. The quantitative estimate of drug-likeness (QED) is 0.394. The van der Waals surface area contributed by atoms with Crippen LogP contribution in [-0.2, 0) is 9.47 Å². The molecule has 0 heterocycles. The molecule has 192 valence electrons. The summed E-state index contributed by atoms with van der Waals surface area (Å²) in [5.74, 6) is 4.83. The summed E-state index contributed by atoms with van der Waals surface area (Å²) in [6, 6.07) is 10.6. The van der Waals surface area contributed by atoms with Gasteiger partial charge in [-0.05, 0) is 72.7 Å². The van der Waals surface area contributed by atoms with Crippen LogP contribution >= 0.6 is 0 Å². The van der Waals surface area contributed by atoms with E-state index in [9.17, 15) is 0 Å². The van der Waals surface area contributed by atoms with Crippen molar-refractivity contribution in [2.24, 2.45) is 35.0 Å². The molecule has 3 aliphatic carbocycles. The molecule has 0 spiro atoms. The van der Waals surface area contributed by atoms with E-state index in [-0.39, 0.29) is 19.6 Å². The number of benzene rings is 1. The van der Waals surface area contributed by atoms with E-state index >= 15 is 0 Å². The molecule has 4 rings (SSSR count). The van der Waals surface area contributed by atoms with Crippen LogP contribution in [0.3, 0.4) is 0 Å². The average molecular weight is 461 g/mol. The third kappa shape index (κ3) is 6.63. The Hall–Kier alpha value is -0.860. The van der Waals surface area contributed by atoms with Crippen LogP contribution in [0, 0.1) is 35.0 Å². The van der Waals surface area contributed by atoms with E-state index in [0.717, 1.165) is 29.6 Å². The average Bonchev–Trinajstić information content (AvgIpc) is 3.39. The lowest BCUT2D eigenvalue weighted by Gasteiger charge is -2.44. The summed E-state index contributed by atoms with van der Waals surface area (Å²) in [5, 5.41) is 0. The van der Waals surface area contributed by atoms with Gasteiger partial charge in [0, 0.05) is 13.0 Å². The monoisotopic (exact) mass is 460 g/mol. The van der Waals surface area contributed by atoms with Crippen molar-refractivity contribution in [3.63, 3.8) is 0 Å². The lowest BCUT2D eigenvalue weighted by atomic mass is 9.62. The van der Waals surface area contributed by atoms with E-state index in [1.54, 1.807) is 7.11 Å². The molecular weight excluding hydrogens is 404 g/mol. The Kier molecular flexibility index (Phi) is 12.7. The lowest BCUT2D eigenvalue weighted by molar-refractivity contribution is -0.178. The number of rotatable bonds is 6. The van der Waals surface area contributed by atoms with Gasteiger partial charge in [0.2, 0.25) is 0 Å². The van der Waals surface area contributed by atoms with Crippen LogP contribution in [0.5, 0.6) is 0 Å². The normalized spacial score (nSPS) is 33.5. The molecule has 0 radical (unpaired) electrons. The Bertz CT molecular complexity index is 636. The predicted octanol–water partition coefficient (Wildman–Crippen LogP) is 9.34. The standard InChI is InChI=1S/C26H40O2.2C2H6.CH4/c1-17(19-10-7-6-8-11-19)25(27-5)28-22-13-9-12-20(14-22)24-16-21-15-23(24)18(2)26(21,3)4;2*1-2;/h6-8,10-11,17-18,20-25H,9,12-16H2,1-5H3;2*1-2H3;1H4. The van der Waals surface area contributed by atoms with Crippen molar-refractivity contribution in [3.05, 3.63) is 35.9 Å². The molecule has 0 amide bonds. The Balaban J connectivity index is 0.00000103. The molecule has 33 heavy (non-hydrogen) atoms. The van der Waals surface area contributed by atoms with Gasteiger partial charge < -0.3 is 9.47 Å². The molecule has 2 heteroatoms. The lowest BCUT2D eigenvalue weighted by Crippen LogP contribution is -2.39. The predicted molar refractivity (Wildman–Crippen MR) is 145 cm³/mol. The fraction of sp³-hybridized carbons (Fsp3) is 0.806. The minimum atomic E-state index is -0.149. The molecule has 2 nitrogen and oxygen atoms in total. The molecule has 8 atom stereocenters. The summed E-state index contributed by atoms with van der Waals surface area (Å²) >= 11 is 0. The molecule has 0 N–H and O–H groups in total. The summed E-state index contributed by atoms with van der Waals surface area (Å²) in [7, 11) is 1.80. The third-order valence-electron chi connectivity index (χ3n) is 9.10. The van der Waals surface area contributed by atoms with Crippen LogP contribution in [0.4, 0.5) is 0 Å². The maximum absolute atomic E-state index is 6.57. The highest BCUT2D eigenvalue weighted by Crippen LogP contribution is 2.63. The van der Waals surface area contributed by atoms with Crippen LogP contribution < -0.4 is 0 Å². The molecule has 3 aliphatic rings. The van der Waals surface area contributed by atoms with Crippen LogP contribution in [0.25, 0.3) is 0 Å². The van der Waals surface area contributed by atoms with Crippen molar-refractivity contribution in [1.82, 2.24) is 0 Å². The molecule has 3 fully saturated rings. The molecule has 1 aromatic carbocycles. The van der Waals surface area contributed by atoms with Crippen molar-refractivity contribution in [2.45, 2.75) is 120 Å². The maximum atomic E-state index is 6.57. The van der Waals surface area contributed by atoms with E-state index in [1.165, 1.54) is 44.1 Å². The van der Waals surface area contributed by atoms with Crippen LogP contribution in [-0.4, -0.2) is 19.5 Å². The Morgan fingerprint density at radius 3 is 2.06 bits per heavy atom. The van der Waals surface area contributed by atoms with Crippen molar-refractivity contribution in [1.29, 1.82) is 0 Å². The van der Waals surface area contributed by atoms with Crippen LogP contribution in [0.1, 0.15) is 113 Å². The Morgan fingerprint density at radius 1 is 0.909 bits per heavy atom. The molecule has 8 unspecified atom stereocenters. The van der Waals surface area contributed by atoms with Crippen molar-refractivity contribution in [2.75, 3.05) is 7.11 Å². The van der Waals surface area contributed by atoms with Gasteiger partial charge in [0.15, 0.2) is 6.29 Å². The number of fused-ring (bicyclic) bond motifs is 2. The van der Waals surface area contributed by atoms with Crippen LogP contribution in [0.2, 0.25) is 0 Å². The molecule has 3 saturated carbocycles. The van der Waals surface area contributed by atoms with Gasteiger partial charge >= 0.3 is 0 Å². The van der Waals surface area contributed by atoms with E-state index in [0.29, 0.717) is 11.5 Å². The van der Waals surface area contributed by atoms with E-state index < -0.39 is 0 Å². The number of methoxy groups -OCH3 is 1. The zero-order valence-electron chi connectivity index (χ0n) is 22.6. The molecule has 0 saturated heterocycles. The first-order valence-corrected chi connectivity index (χ1v) is 13.6. The van der Waals surface area contributed by atoms with Gasteiger partial charge in [-0.25, -0.2) is 0 Å². The van der Waals surface area contributed by atoms with Gasteiger partial charge in [0.1, 0.15) is 0 Å². The largest absolute Gasteiger partial charge is 0.355 e. The van der Waals surface area contributed by atoms with Crippen LogP contribution in [0.15, 0.2) is 30.3 Å². The molecule has 1 aromatic rings. The molecule has 2 bridgehead atoms. The van der Waals surface area contributed by atoms with Crippen molar-refractivity contribution >= 4 is 0 Å². The topological polar surface area (TPSA) is 18.5 Å². The minimum Gasteiger partial charge on any atom is -0.355 e. The second kappa shape index (κ2) is 13.9. The van der Waals surface area contributed by atoms with Gasteiger partial charge in [-0.15, -0.1) is 0 Å². The number of ether oxygens (including phenoxy) is 2. The van der Waals surface area contributed by atoms with Gasteiger partial charge in [-0.1, -0.05) is 99.6 Å². The summed E-state index contributed by atoms with van der Waals surface area (Å²) in [6.07, 6.45) is 8.31. The van der Waals surface area contributed by atoms with Crippen molar-refractivity contribution in [3.8, 4) is 0 Å². The Morgan fingerprint density at radius 2 is 1.52 bits per heavy atom. The van der Waals surface area contributed by atoms with Gasteiger partial charge in [0.25, 0.3) is 0 Å². The number of hydrogen-bond donors (Lipinski definition) is 0.